The molecule has 1 aromatic carbocycles. The summed E-state index contributed by atoms with van der Waals surface area (Å²) >= 11 is 1.45. The van der Waals surface area contributed by atoms with E-state index >= 15 is 0 Å². The second-order valence-electron chi connectivity index (χ2n) is 5.50. The van der Waals surface area contributed by atoms with Gasteiger partial charge in [-0.3, -0.25) is 4.79 Å². The van der Waals surface area contributed by atoms with Gasteiger partial charge < -0.3 is 9.47 Å². The van der Waals surface area contributed by atoms with E-state index < -0.39 is 12.8 Å². The van der Waals surface area contributed by atoms with Gasteiger partial charge in [0, 0.05) is 10.4 Å². The molecule has 2 aromatic rings. The Labute approximate surface area is 154 Å². The van der Waals surface area contributed by atoms with Crippen LogP contribution in [0.4, 0.5) is 13.2 Å². The van der Waals surface area contributed by atoms with Gasteiger partial charge in [0.15, 0.2) is 5.78 Å². The summed E-state index contributed by atoms with van der Waals surface area (Å²) in [6.45, 7) is 0.464. The van der Waals surface area contributed by atoms with E-state index in [9.17, 15) is 18.0 Å². The number of benzene rings is 1. The lowest BCUT2D eigenvalue weighted by Crippen LogP contribution is -2.16. The molecule has 0 saturated carbocycles. The first kappa shape index (κ1) is 20.2. The molecule has 0 N–H and O–H groups in total. The first-order valence-electron chi connectivity index (χ1n) is 7.95. The molecule has 0 atom stereocenters. The van der Waals surface area contributed by atoms with Crippen LogP contribution < -0.4 is 4.74 Å². The highest BCUT2D eigenvalue weighted by atomic mass is 32.1. The Hall–Kier alpha value is -2.12. The van der Waals surface area contributed by atoms with E-state index in [1.165, 1.54) is 24.5 Å². The highest BCUT2D eigenvalue weighted by Crippen LogP contribution is 2.24. The summed E-state index contributed by atoms with van der Waals surface area (Å²) in [5.74, 6) is 0.321. The number of rotatable bonds is 8. The molecule has 0 spiro atoms. The number of alkyl halides is 3. The zero-order chi connectivity index (χ0) is 19.2. The molecule has 0 aliphatic heterocycles. The van der Waals surface area contributed by atoms with Gasteiger partial charge in [-0.2, -0.15) is 13.2 Å². The van der Waals surface area contributed by atoms with E-state index in [1.807, 2.05) is 13.0 Å². The van der Waals surface area contributed by atoms with E-state index in [4.69, 9.17) is 9.47 Å². The monoisotopic (exact) mass is 384 g/mol. The van der Waals surface area contributed by atoms with Gasteiger partial charge in [-0.15, -0.1) is 11.3 Å². The third kappa shape index (κ3) is 6.00. The Morgan fingerprint density at radius 1 is 1.23 bits per heavy atom. The SMILES string of the molecule is CCc1ccc(C(=O)/C=C/c2ccc(OC)c(COCC(F)(F)F)c2)s1. The Kier molecular flexibility index (Phi) is 6.99. The molecule has 7 heteroatoms. The fourth-order valence-corrected chi connectivity index (χ4v) is 3.11. The molecule has 0 amide bonds. The highest BCUT2D eigenvalue weighted by molar-refractivity contribution is 7.14. The molecule has 2 rings (SSSR count). The molecule has 140 valence electrons. The number of methoxy groups -OCH3 is 1. The van der Waals surface area contributed by atoms with Crippen LogP contribution in [0.3, 0.4) is 0 Å². The number of ketones is 1. The first-order chi connectivity index (χ1) is 12.3. The number of aryl methyl sites for hydroxylation is 1. The molecule has 0 saturated heterocycles. The summed E-state index contributed by atoms with van der Waals surface area (Å²) in [4.78, 5) is 14.0. The number of halogens is 3. The molecule has 3 nitrogen and oxygen atoms in total. The van der Waals surface area contributed by atoms with E-state index in [0.717, 1.165) is 11.3 Å². The fraction of sp³-hybridized carbons (Fsp3) is 0.316. The largest absolute Gasteiger partial charge is 0.496 e. The van der Waals surface area contributed by atoms with Crippen LogP contribution in [0, 0.1) is 0 Å². The van der Waals surface area contributed by atoms with Gasteiger partial charge in [0.25, 0.3) is 0 Å². The number of ether oxygens (including phenoxy) is 2. The van der Waals surface area contributed by atoms with Crippen LogP contribution in [0.25, 0.3) is 6.08 Å². The third-order valence-corrected chi connectivity index (χ3v) is 4.75. The van der Waals surface area contributed by atoms with Gasteiger partial charge in [0.2, 0.25) is 0 Å². The Bertz CT molecular complexity index is 779. The summed E-state index contributed by atoms with van der Waals surface area (Å²) in [6.07, 6.45) is -0.426. The average Bonchev–Trinajstić information content (AvgIpc) is 3.08. The van der Waals surface area contributed by atoms with E-state index in [0.29, 0.717) is 21.8 Å². The Balaban J connectivity index is 2.08. The van der Waals surface area contributed by atoms with E-state index in [2.05, 4.69) is 0 Å². The van der Waals surface area contributed by atoms with Crippen LogP contribution in [0.2, 0.25) is 0 Å². The zero-order valence-corrected chi connectivity index (χ0v) is 15.2. The molecule has 0 unspecified atom stereocenters. The summed E-state index contributed by atoms with van der Waals surface area (Å²) in [6, 6.07) is 8.72. The molecular formula is C19H19F3O3S. The molecule has 1 aromatic heterocycles. The van der Waals surface area contributed by atoms with Crippen LogP contribution in [-0.4, -0.2) is 25.7 Å². The van der Waals surface area contributed by atoms with Crippen LogP contribution in [0.15, 0.2) is 36.4 Å². The minimum Gasteiger partial charge on any atom is -0.496 e. The predicted molar refractivity (Wildman–Crippen MR) is 95.8 cm³/mol. The lowest BCUT2D eigenvalue weighted by molar-refractivity contribution is -0.176. The normalized spacial score (nSPS) is 11.9. The number of hydrogen-bond acceptors (Lipinski definition) is 4. The number of hydrogen-bond donors (Lipinski definition) is 0. The maximum atomic E-state index is 12.2. The molecule has 1 heterocycles. The summed E-state index contributed by atoms with van der Waals surface area (Å²) in [7, 11) is 1.43. The number of thiophene rings is 1. The summed E-state index contributed by atoms with van der Waals surface area (Å²) in [5, 5.41) is 0. The lowest BCUT2D eigenvalue weighted by Gasteiger charge is -2.11. The minimum atomic E-state index is -4.38. The number of allylic oxidation sites excluding steroid dienone is 1. The van der Waals surface area contributed by atoms with Gasteiger partial charge >= 0.3 is 6.18 Å². The number of carbonyl (C=O) groups excluding carboxylic acids is 1. The van der Waals surface area contributed by atoms with Gasteiger partial charge in [-0.1, -0.05) is 19.1 Å². The molecule has 0 aliphatic carbocycles. The minimum absolute atomic E-state index is 0.111. The van der Waals surface area contributed by atoms with Crippen molar-refractivity contribution in [1.29, 1.82) is 0 Å². The average molecular weight is 384 g/mol. The van der Waals surface area contributed by atoms with Gasteiger partial charge in [-0.25, -0.2) is 0 Å². The van der Waals surface area contributed by atoms with Crippen molar-refractivity contribution < 1.29 is 27.4 Å². The first-order valence-corrected chi connectivity index (χ1v) is 8.76. The standard InChI is InChI=1S/C19H19F3O3S/c1-3-15-6-9-18(26-15)16(23)7-4-13-5-8-17(24-2)14(10-13)11-25-12-19(20,21)22/h4-10H,3,11-12H2,1-2H3/b7-4+. The number of carbonyl (C=O) groups is 1. The maximum Gasteiger partial charge on any atom is 0.411 e. The van der Waals surface area contributed by atoms with Crippen molar-refractivity contribution in [2.45, 2.75) is 26.1 Å². The maximum absolute atomic E-state index is 12.2. The molecule has 26 heavy (non-hydrogen) atoms. The molecule has 0 radical (unpaired) electrons. The Morgan fingerprint density at radius 3 is 2.62 bits per heavy atom. The van der Waals surface area contributed by atoms with Crippen molar-refractivity contribution in [2.75, 3.05) is 13.7 Å². The Morgan fingerprint density at radius 2 is 2.00 bits per heavy atom. The van der Waals surface area contributed by atoms with Crippen molar-refractivity contribution >= 4 is 23.2 Å². The smallest absolute Gasteiger partial charge is 0.411 e. The van der Waals surface area contributed by atoms with Crippen molar-refractivity contribution in [3.8, 4) is 5.75 Å². The highest BCUT2D eigenvalue weighted by Gasteiger charge is 2.27. The van der Waals surface area contributed by atoms with Crippen LogP contribution in [0.5, 0.6) is 5.75 Å². The topological polar surface area (TPSA) is 35.5 Å². The zero-order valence-electron chi connectivity index (χ0n) is 14.4. The van der Waals surface area contributed by atoms with Crippen LogP contribution in [0.1, 0.15) is 32.6 Å². The van der Waals surface area contributed by atoms with Crippen molar-refractivity contribution in [3.05, 3.63) is 57.3 Å². The van der Waals surface area contributed by atoms with Gasteiger partial charge in [0.1, 0.15) is 12.4 Å². The second-order valence-corrected chi connectivity index (χ2v) is 6.66. The molecule has 0 fully saturated rings. The van der Waals surface area contributed by atoms with Crippen molar-refractivity contribution in [1.82, 2.24) is 0 Å². The second kappa shape index (κ2) is 9.00. The van der Waals surface area contributed by atoms with E-state index in [-0.39, 0.29) is 12.4 Å². The summed E-state index contributed by atoms with van der Waals surface area (Å²) < 4.78 is 46.5. The molecule has 0 aliphatic rings. The van der Waals surface area contributed by atoms with Gasteiger partial charge in [-0.05, 0) is 42.3 Å². The van der Waals surface area contributed by atoms with Crippen molar-refractivity contribution in [2.24, 2.45) is 0 Å². The quantitative estimate of drug-likeness (QED) is 0.458. The van der Waals surface area contributed by atoms with E-state index in [1.54, 1.807) is 30.3 Å². The molecule has 0 bridgehead atoms. The summed E-state index contributed by atoms with van der Waals surface area (Å²) in [5.41, 5.74) is 1.16. The van der Waals surface area contributed by atoms with Crippen LogP contribution >= 0.6 is 11.3 Å². The lowest BCUT2D eigenvalue weighted by atomic mass is 10.1. The molecular weight excluding hydrogens is 365 g/mol. The predicted octanol–water partition coefficient (Wildman–Crippen LogP) is 5.29. The van der Waals surface area contributed by atoms with Crippen LogP contribution in [-0.2, 0) is 17.8 Å². The fourth-order valence-electron chi connectivity index (χ4n) is 2.25. The van der Waals surface area contributed by atoms with Crippen molar-refractivity contribution in [3.63, 3.8) is 0 Å². The van der Waals surface area contributed by atoms with Gasteiger partial charge in [0.05, 0.1) is 18.6 Å². The third-order valence-electron chi connectivity index (χ3n) is 3.51.